The molecule has 0 aliphatic heterocycles. The van der Waals surface area contributed by atoms with Gasteiger partial charge in [-0.2, -0.15) is 0 Å². The predicted molar refractivity (Wildman–Crippen MR) is 81.4 cm³/mol. The molecule has 0 saturated heterocycles. The molecule has 0 bridgehead atoms. The minimum atomic E-state index is -0.383. The minimum Gasteiger partial charge on any atom is -0.486 e. The van der Waals surface area contributed by atoms with Crippen molar-refractivity contribution in [3.05, 3.63) is 52.4 Å². The maximum absolute atomic E-state index is 13.7. The summed E-state index contributed by atoms with van der Waals surface area (Å²) in [6.45, 7) is 3.21. The molecule has 1 aromatic heterocycles. The van der Waals surface area contributed by atoms with E-state index in [1.54, 1.807) is 18.3 Å². The largest absolute Gasteiger partial charge is 0.486 e. The third-order valence-electron chi connectivity index (χ3n) is 2.71. The summed E-state index contributed by atoms with van der Waals surface area (Å²) in [5.74, 6) is 0.636. The molecular weight excluding hydrogens is 323 g/mol. The summed E-state index contributed by atoms with van der Waals surface area (Å²) >= 11 is 3.22. The van der Waals surface area contributed by atoms with Gasteiger partial charge in [0.1, 0.15) is 12.4 Å². The number of ether oxygens (including phenoxy) is 1. The Hall–Kier alpha value is -1.62. The molecule has 2 aromatic rings. The predicted octanol–water partition coefficient (Wildman–Crippen LogP) is 4.38. The topological polar surface area (TPSA) is 34.2 Å². The number of hydrogen-bond donors (Lipinski definition) is 1. The summed E-state index contributed by atoms with van der Waals surface area (Å²) < 4.78 is 19.9. The second-order valence-electron chi connectivity index (χ2n) is 4.30. The molecule has 0 aliphatic rings. The normalized spacial score (nSPS) is 10.3. The molecule has 0 fully saturated rings. The van der Waals surface area contributed by atoms with Gasteiger partial charge in [0, 0.05) is 22.8 Å². The van der Waals surface area contributed by atoms with Gasteiger partial charge in [-0.3, -0.25) is 0 Å². The van der Waals surface area contributed by atoms with Crippen LogP contribution in [0.15, 0.2) is 41.0 Å². The molecule has 0 radical (unpaired) electrons. The third-order valence-corrected chi connectivity index (χ3v) is 3.20. The lowest BCUT2D eigenvalue weighted by atomic mass is 10.2. The zero-order valence-corrected chi connectivity index (χ0v) is 12.8. The van der Waals surface area contributed by atoms with Gasteiger partial charge in [-0.05, 0) is 30.7 Å². The molecule has 0 saturated carbocycles. The molecule has 20 heavy (non-hydrogen) atoms. The van der Waals surface area contributed by atoms with Gasteiger partial charge in [0.05, 0.1) is 0 Å². The first kappa shape index (κ1) is 14.8. The number of pyridine rings is 1. The Morgan fingerprint density at radius 1 is 1.35 bits per heavy atom. The van der Waals surface area contributed by atoms with E-state index in [0.29, 0.717) is 4.47 Å². The van der Waals surface area contributed by atoms with Crippen LogP contribution in [0.25, 0.3) is 0 Å². The number of hydrogen-bond acceptors (Lipinski definition) is 3. The summed E-state index contributed by atoms with van der Waals surface area (Å²) in [5.41, 5.74) is 0.906. The zero-order chi connectivity index (χ0) is 14.4. The highest BCUT2D eigenvalue weighted by Crippen LogP contribution is 2.23. The van der Waals surface area contributed by atoms with E-state index in [9.17, 15) is 4.39 Å². The zero-order valence-electron chi connectivity index (χ0n) is 11.2. The molecule has 3 nitrogen and oxygen atoms in total. The Kier molecular flexibility index (Phi) is 5.35. The molecule has 0 aliphatic carbocycles. The quantitative estimate of drug-likeness (QED) is 0.848. The van der Waals surface area contributed by atoms with Crippen molar-refractivity contribution in [3.8, 4) is 5.75 Å². The Morgan fingerprint density at radius 2 is 2.20 bits per heavy atom. The summed E-state index contributed by atoms with van der Waals surface area (Å²) in [6, 6.07) is 8.50. The van der Waals surface area contributed by atoms with E-state index in [1.165, 1.54) is 6.07 Å². The van der Waals surface area contributed by atoms with E-state index < -0.39 is 0 Å². The van der Waals surface area contributed by atoms with E-state index in [-0.39, 0.29) is 18.2 Å². The van der Waals surface area contributed by atoms with Crippen molar-refractivity contribution in [2.24, 2.45) is 0 Å². The van der Waals surface area contributed by atoms with Crippen LogP contribution < -0.4 is 10.1 Å². The van der Waals surface area contributed by atoms with Crippen LogP contribution in [0.5, 0.6) is 5.75 Å². The fourth-order valence-corrected chi connectivity index (χ4v) is 2.04. The van der Waals surface area contributed by atoms with Gasteiger partial charge in [0.25, 0.3) is 0 Å². The Bertz CT molecular complexity index is 578. The van der Waals surface area contributed by atoms with Crippen LogP contribution in [0.4, 0.5) is 10.2 Å². The highest BCUT2D eigenvalue weighted by atomic mass is 79.9. The molecule has 0 amide bonds. The van der Waals surface area contributed by atoms with Crippen molar-refractivity contribution in [2.75, 3.05) is 11.9 Å². The maximum Gasteiger partial charge on any atom is 0.166 e. The molecule has 0 spiro atoms. The first-order valence-corrected chi connectivity index (χ1v) is 7.25. The van der Waals surface area contributed by atoms with Crippen molar-refractivity contribution in [3.63, 3.8) is 0 Å². The SMILES string of the molecule is CCCNc1ncccc1COc1ccc(Br)cc1F. The molecule has 0 unspecified atom stereocenters. The molecule has 5 heteroatoms. The maximum atomic E-state index is 13.7. The van der Waals surface area contributed by atoms with Crippen molar-refractivity contribution >= 4 is 21.7 Å². The second kappa shape index (κ2) is 7.24. The van der Waals surface area contributed by atoms with Crippen LogP contribution in [0.1, 0.15) is 18.9 Å². The standard InChI is InChI=1S/C15H16BrFN2O/c1-2-7-18-15-11(4-3-8-19-15)10-20-14-6-5-12(16)9-13(14)17/h3-6,8-9H,2,7,10H2,1H3,(H,18,19). The number of rotatable bonds is 6. The molecule has 0 atom stereocenters. The fraction of sp³-hybridized carbons (Fsp3) is 0.267. The molecule has 1 aromatic carbocycles. The lowest BCUT2D eigenvalue weighted by molar-refractivity contribution is 0.290. The van der Waals surface area contributed by atoms with Gasteiger partial charge in [-0.15, -0.1) is 0 Å². The van der Waals surface area contributed by atoms with Crippen molar-refractivity contribution < 1.29 is 9.13 Å². The summed E-state index contributed by atoms with van der Waals surface area (Å²) in [7, 11) is 0. The van der Waals surface area contributed by atoms with Crippen LogP contribution in [0.2, 0.25) is 0 Å². The van der Waals surface area contributed by atoms with Crippen molar-refractivity contribution in [1.29, 1.82) is 0 Å². The first-order valence-electron chi connectivity index (χ1n) is 6.46. The Morgan fingerprint density at radius 3 is 2.95 bits per heavy atom. The van der Waals surface area contributed by atoms with Crippen LogP contribution in [0.3, 0.4) is 0 Å². The smallest absolute Gasteiger partial charge is 0.166 e. The van der Waals surface area contributed by atoms with E-state index in [2.05, 4.69) is 33.2 Å². The molecule has 1 heterocycles. The van der Waals surface area contributed by atoms with E-state index in [1.807, 2.05) is 12.1 Å². The molecule has 106 valence electrons. The number of anilines is 1. The Labute approximate surface area is 126 Å². The number of halogens is 2. The highest BCUT2D eigenvalue weighted by Gasteiger charge is 2.07. The van der Waals surface area contributed by atoms with Gasteiger partial charge in [0.15, 0.2) is 11.6 Å². The van der Waals surface area contributed by atoms with Crippen molar-refractivity contribution in [2.45, 2.75) is 20.0 Å². The van der Waals surface area contributed by atoms with Crippen molar-refractivity contribution in [1.82, 2.24) is 4.98 Å². The summed E-state index contributed by atoms with van der Waals surface area (Å²) in [6.07, 6.45) is 2.74. The van der Waals surface area contributed by atoms with E-state index in [4.69, 9.17) is 4.74 Å². The summed E-state index contributed by atoms with van der Waals surface area (Å²) in [5, 5.41) is 3.23. The van der Waals surface area contributed by atoms with Crippen LogP contribution >= 0.6 is 15.9 Å². The fourth-order valence-electron chi connectivity index (χ4n) is 1.71. The van der Waals surface area contributed by atoms with Gasteiger partial charge in [0.2, 0.25) is 0 Å². The number of nitrogens with one attached hydrogen (secondary N) is 1. The van der Waals surface area contributed by atoms with Crippen LogP contribution in [-0.4, -0.2) is 11.5 Å². The number of benzene rings is 1. The van der Waals surface area contributed by atoms with Crippen LogP contribution in [-0.2, 0) is 6.61 Å². The number of aromatic nitrogens is 1. The molecule has 1 N–H and O–H groups in total. The Balaban J connectivity index is 2.06. The molecule has 2 rings (SSSR count). The first-order chi connectivity index (χ1) is 9.70. The van der Waals surface area contributed by atoms with Gasteiger partial charge < -0.3 is 10.1 Å². The lowest BCUT2D eigenvalue weighted by Crippen LogP contribution is -2.07. The monoisotopic (exact) mass is 338 g/mol. The van der Waals surface area contributed by atoms with E-state index in [0.717, 1.165) is 24.3 Å². The van der Waals surface area contributed by atoms with Gasteiger partial charge in [-0.25, -0.2) is 9.37 Å². The third kappa shape index (κ3) is 3.93. The van der Waals surface area contributed by atoms with Crippen LogP contribution in [0, 0.1) is 5.82 Å². The average molecular weight is 339 g/mol. The summed E-state index contributed by atoms with van der Waals surface area (Å²) in [4.78, 5) is 4.27. The highest BCUT2D eigenvalue weighted by molar-refractivity contribution is 9.10. The average Bonchev–Trinajstić information content (AvgIpc) is 2.45. The van der Waals surface area contributed by atoms with E-state index >= 15 is 0 Å². The minimum absolute atomic E-state index is 0.235. The van der Waals surface area contributed by atoms with Gasteiger partial charge in [-0.1, -0.05) is 28.9 Å². The van der Waals surface area contributed by atoms with Gasteiger partial charge >= 0.3 is 0 Å². The number of nitrogens with zero attached hydrogens (tertiary/aromatic N) is 1. The molecular formula is C15H16BrFN2O. The second-order valence-corrected chi connectivity index (χ2v) is 5.22. The lowest BCUT2D eigenvalue weighted by Gasteiger charge is -2.12.